The topological polar surface area (TPSA) is 127 Å². The lowest BCUT2D eigenvalue weighted by Gasteiger charge is -2.38. The second-order valence-corrected chi connectivity index (χ2v) is 8.24. The van der Waals surface area contributed by atoms with Crippen LogP contribution in [0, 0.1) is 0 Å². The number of rotatable bonds is 4. The van der Waals surface area contributed by atoms with E-state index in [0.717, 1.165) is 43.7 Å². The summed E-state index contributed by atoms with van der Waals surface area (Å²) in [5, 5.41) is 27.0. The first-order valence-electron chi connectivity index (χ1n) is 9.79. The number of aromatic nitrogens is 2. The van der Waals surface area contributed by atoms with Gasteiger partial charge in [-0.15, -0.1) is 11.8 Å². The molecule has 1 aromatic carbocycles. The highest BCUT2D eigenvalue weighted by Crippen LogP contribution is 2.34. The van der Waals surface area contributed by atoms with E-state index in [1.54, 1.807) is 11.8 Å². The largest absolute Gasteiger partial charge is 0.473 e. The third kappa shape index (κ3) is 5.63. The molecule has 8 nitrogen and oxygen atoms in total. The van der Waals surface area contributed by atoms with Gasteiger partial charge in [-0.1, -0.05) is 12.1 Å². The molecule has 0 atom stereocenters. The molecular formula is C22H25N3O5S. The number of piperidine rings is 1. The summed E-state index contributed by atoms with van der Waals surface area (Å²) in [4.78, 5) is 29.4. The number of thioether (sulfide) groups is 1. The number of H-pyrrole nitrogens is 1. The Balaban J connectivity index is 0.000000401. The zero-order chi connectivity index (χ0) is 22.4. The van der Waals surface area contributed by atoms with Gasteiger partial charge in [0.25, 0.3) is 0 Å². The lowest BCUT2D eigenvalue weighted by Crippen LogP contribution is -2.42. The normalized spacial score (nSPS) is 15.8. The number of benzene rings is 1. The Hall–Kier alpha value is -2.88. The molecule has 0 aliphatic carbocycles. The van der Waals surface area contributed by atoms with Crippen molar-refractivity contribution < 1.29 is 24.9 Å². The van der Waals surface area contributed by atoms with E-state index in [-0.39, 0.29) is 0 Å². The molecule has 0 radical (unpaired) electrons. The highest BCUT2D eigenvalue weighted by atomic mass is 32.2. The molecule has 1 aliphatic rings. The van der Waals surface area contributed by atoms with Gasteiger partial charge in [0.15, 0.2) is 0 Å². The van der Waals surface area contributed by atoms with E-state index in [1.807, 2.05) is 12.3 Å². The minimum absolute atomic E-state index is 0.699. The number of hydrogen-bond acceptors (Lipinski definition) is 6. The van der Waals surface area contributed by atoms with Crippen LogP contribution in [0.25, 0.3) is 11.0 Å². The molecule has 1 aliphatic heterocycles. The molecule has 9 heteroatoms. The molecule has 2 aromatic heterocycles. The van der Waals surface area contributed by atoms with Crippen molar-refractivity contribution in [3.63, 3.8) is 0 Å². The minimum Gasteiger partial charge on any atom is -0.473 e. The maximum absolute atomic E-state index is 11.1. The zero-order valence-electron chi connectivity index (χ0n) is 17.1. The number of likely N-dealkylation sites (tertiary alicyclic amines) is 1. The van der Waals surface area contributed by atoms with E-state index in [1.165, 1.54) is 15.8 Å². The number of carboxylic acid groups (broad SMARTS) is 2. The van der Waals surface area contributed by atoms with E-state index < -0.39 is 17.5 Å². The smallest absolute Gasteiger partial charge is 0.414 e. The van der Waals surface area contributed by atoms with Crippen molar-refractivity contribution in [3.05, 3.63) is 59.9 Å². The summed E-state index contributed by atoms with van der Waals surface area (Å²) < 4.78 is 0. The van der Waals surface area contributed by atoms with Gasteiger partial charge in [0.1, 0.15) is 5.65 Å². The zero-order valence-corrected chi connectivity index (χ0v) is 17.9. The van der Waals surface area contributed by atoms with Gasteiger partial charge in [-0.2, -0.15) is 0 Å². The fourth-order valence-corrected chi connectivity index (χ4v) is 4.06. The summed E-state index contributed by atoms with van der Waals surface area (Å²) in [5.74, 6) is -3.65. The maximum atomic E-state index is 11.1. The number of fused-ring (bicyclic) bond motifs is 1. The Kier molecular flexibility index (Phi) is 7.32. The maximum Gasteiger partial charge on any atom is 0.414 e. The molecule has 0 spiro atoms. The van der Waals surface area contributed by atoms with Crippen molar-refractivity contribution >= 4 is 34.7 Å². The molecule has 1 fully saturated rings. The Morgan fingerprint density at radius 2 is 1.77 bits per heavy atom. The number of carbonyl (C=O) groups is 2. The lowest BCUT2D eigenvalue weighted by molar-refractivity contribution is -0.159. The van der Waals surface area contributed by atoms with Crippen molar-refractivity contribution in [2.75, 3.05) is 19.3 Å². The monoisotopic (exact) mass is 443 g/mol. The molecule has 0 unspecified atom stereocenters. The number of nitrogens with one attached hydrogen (secondary N) is 1. The van der Waals surface area contributed by atoms with Crippen LogP contribution in [0.1, 0.15) is 24.0 Å². The van der Waals surface area contributed by atoms with Crippen LogP contribution in [0.15, 0.2) is 53.7 Å². The highest BCUT2D eigenvalue weighted by molar-refractivity contribution is 7.98. The minimum atomic E-state index is -1.82. The van der Waals surface area contributed by atoms with Crippen molar-refractivity contribution in [1.82, 2.24) is 14.9 Å². The Morgan fingerprint density at radius 1 is 1.13 bits per heavy atom. The van der Waals surface area contributed by atoms with Crippen LogP contribution in [0.4, 0.5) is 0 Å². The van der Waals surface area contributed by atoms with Crippen LogP contribution >= 0.6 is 11.8 Å². The van der Waals surface area contributed by atoms with Gasteiger partial charge in [-0.3, -0.25) is 4.90 Å². The molecule has 3 heterocycles. The molecule has 3 aromatic rings. The molecule has 31 heavy (non-hydrogen) atoms. The number of pyridine rings is 1. The Labute approximate surface area is 183 Å². The quantitative estimate of drug-likeness (QED) is 0.358. The third-order valence-corrected chi connectivity index (χ3v) is 6.17. The van der Waals surface area contributed by atoms with Gasteiger partial charge < -0.3 is 20.3 Å². The average molecular weight is 444 g/mol. The highest BCUT2D eigenvalue weighted by Gasteiger charge is 2.34. The van der Waals surface area contributed by atoms with Crippen LogP contribution in [0.3, 0.4) is 0 Å². The van der Waals surface area contributed by atoms with Crippen molar-refractivity contribution in [2.45, 2.75) is 29.9 Å². The molecule has 164 valence electrons. The second kappa shape index (κ2) is 9.95. The van der Waals surface area contributed by atoms with Gasteiger partial charge >= 0.3 is 11.9 Å². The van der Waals surface area contributed by atoms with Gasteiger partial charge in [0, 0.05) is 42.3 Å². The van der Waals surface area contributed by atoms with Gasteiger partial charge in [-0.05, 0) is 54.5 Å². The summed E-state index contributed by atoms with van der Waals surface area (Å²) in [6, 6.07) is 12.4. The number of aliphatic hydroxyl groups is 1. The van der Waals surface area contributed by atoms with Crippen LogP contribution in [-0.2, 0) is 21.7 Å². The number of aliphatic carboxylic acids is 2. The summed E-state index contributed by atoms with van der Waals surface area (Å²) in [7, 11) is 0. The summed E-state index contributed by atoms with van der Waals surface area (Å²) in [6.07, 6.45) is 7.48. The van der Waals surface area contributed by atoms with E-state index in [0.29, 0.717) is 0 Å². The fraction of sp³-hybridized carbons (Fsp3) is 0.318. The third-order valence-electron chi connectivity index (χ3n) is 5.42. The Morgan fingerprint density at radius 3 is 2.35 bits per heavy atom. The van der Waals surface area contributed by atoms with Gasteiger partial charge in [0.2, 0.25) is 0 Å². The van der Waals surface area contributed by atoms with Crippen LogP contribution < -0.4 is 0 Å². The lowest BCUT2D eigenvalue weighted by atomic mass is 9.84. The Bertz CT molecular complexity index is 1030. The van der Waals surface area contributed by atoms with E-state index in [2.05, 4.69) is 57.7 Å². The molecular weight excluding hydrogens is 418 g/mol. The van der Waals surface area contributed by atoms with Crippen LogP contribution in [0.2, 0.25) is 0 Å². The first kappa shape index (κ1) is 22.8. The number of carboxylic acids is 2. The summed E-state index contributed by atoms with van der Waals surface area (Å²) in [5.41, 5.74) is 2.56. The summed E-state index contributed by atoms with van der Waals surface area (Å²) in [6.45, 7) is 2.69. The van der Waals surface area contributed by atoms with E-state index in [4.69, 9.17) is 19.8 Å². The van der Waals surface area contributed by atoms with Crippen molar-refractivity contribution in [3.8, 4) is 0 Å². The van der Waals surface area contributed by atoms with Crippen molar-refractivity contribution in [2.24, 2.45) is 0 Å². The molecule has 0 bridgehead atoms. The first-order chi connectivity index (χ1) is 14.8. The summed E-state index contributed by atoms with van der Waals surface area (Å²) >= 11 is 1.73. The van der Waals surface area contributed by atoms with E-state index >= 15 is 0 Å². The molecule has 0 amide bonds. The standard InChI is InChI=1S/C20H23N3OS.C2H2O4/c1-25-17-6-4-16(5-7-17)20(24)8-11-23(12-9-20)14-15-13-22-19-18(15)3-2-10-21-19;3-1(4)2(5)6/h2-7,10,13,24H,8-9,11-12,14H2,1H3,(H,21,22);(H,3,4)(H,5,6). The van der Waals surface area contributed by atoms with Gasteiger partial charge in [0.05, 0.1) is 5.60 Å². The number of hydrogen-bond donors (Lipinski definition) is 4. The molecule has 1 saturated heterocycles. The van der Waals surface area contributed by atoms with Crippen molar-refractivity contribution in [1.29, 1.82) is 0 Å². The first-order valence-corrected chi connectivity index (χ1v) is 11.0. The number of aromatic amines is 1. The predicted molar refractivity (Wildman–Crippen MR) is 118 cm³/mol. The molecule has 4 N–H and O–H groups in total. The fourth-order valence-electron chi connectivity index (χ4n) is 3.66. The second-order valence-electron chi connectivity index (χ2n) is 7.36. The van der Waals surface area contributed by atoms with Crippen LogP contribution in [-0.4, -0.2) is 61.5 Å². The van der Waals surface area contributed by atoms with E-state index in [9.17, 15) is 5.11 Å². The number of nitrogens with zero attached hydrogens (tertiary/aromatic N) is 2. The average Bonchev–Trinajstić information content (AvgIpc) is 3.19. The SMILES string of the molecule is CSc1ccc(C2(O)CCN(Cc3c[nH]c4ncccc34)CC2)cc1.O=C(O)C(=O)O. The van der Waals surface area contributed by atoms with Gasteiger partial charge in [-0.25, -0.2) is 14.6 Å². The molecule has 4 rings (SSSR count). The van der Waals surface area contributed by atoms with Crippen LogP contribution in [0.5, 0.6) is 0 Å². The molecule has 0 saturated carbocycles. The predicted octanol–water partition coefficient (Wildman–Crippen LogP) is 2.92.